The maximum atomic E-state index is 12.9. The molecule has 1 heterocycles. The second kappa shape index (κ2) is 8.06. The minimum Gasteiger partial charge on any atom is -0.322 e. The number of H-pyrrole nitrogens is 1. The van der Waals surface area contributed by atoms with Gasteiger partial charge in [-0.1, -0.05) is 36.4 Å². The molecule has 1 amide bonds. The van der Waals surface area contributed by atoms with E-state index in [9.17, 15) is 22.8 Å². The van der Waals surface area contributed by atoms with Gasteiger partial charge in [-0.25, -0.2) is 4.98 Å². The Morgan fingerprint density at radius 2 is 1.81 bits per heavy atom. The number of halogens is 3. The molecule has 8 heteroatoms. The Balaban J connectivity index is 1.61. The lowest BCUT2D eigenvalue weighted by molar-refractivity contribution is -0.137. The maximum Gasteiger partial charge on any atom is 0.416 e. The molecule has 5 nitrogen and oxygen atoms in total. The van der Waals surface area contributed by atoms with Crippen molar-refractivity contribution in [2.75, 3.05) is 5.32 Å². The number of benzene rings is 3. The van der Waals surface area contributed by atoms with Crippen molar-refractivity contribution in [1.29, 1.82) is 0 Å². The predicted molar refractivity (Wildman–Crippen MR) is 111 cm³/mol. The third-order valence-corrected chi connectivity index (χ3v) is 4.76. The minimum atomic E-state index is -4.49. The molecule has 0 aliphatic heterocycles. The third-order valence-electron chi connectivity index (χ3n) is 4.76. The van der Waals surface area contributed by atoms with Gasteiger partial charge in [0.05, 0.1) is 17.6 Å². The number of aromatic nitrogens is 2. The lowest BCUT2D eigenvalue weighted by Gasteiger charge is -2.11. The molecular formula is C23H16F3N3O2. The number of alkyl halides is 3. The number of carbonyl (C=O) groups is 1. The fourth-order valence-electron chi connectivity index (χ4n) is 3.33. The fraction of sp³-hybridized carbons (Fsp3) is 0.0870. The largest absolute Gasteiger partial charge is 0.416 e. The number of hydrogen-bond acceptors (Lipinski definition) is 3. The second-order valence-electron chi connectivity index (χ2n) is 6.97. The summed E-state index contributed by atoms with van der Waals surface area (Å²) < 4.78 is 38.7. The fourth-order valence-corrected chi connectivity index (χ4v) is 3.33. The molecule has 0 aliphatic carbocycles. The van der Waals surface area contributed by atoms with Crippen LogP contribution in [0, 0.1) is 0 Å². The van der Waals surface area contributed by atoms with Gasteiger partial charge in [0.25, 0.3) is 11.5 Å². The first kappa shape index (κ1) is 20.3. The SMILES string of the molecule is O=C(Nc1cccc(C(F)(F)F)c1)c1cccc2cc(Cc3cc(=O)[nH]cn3)ccc12. The Morgan fingerprint density at radius 1 is 1.00 bits per heavy atom. The van der Waals surface area contributed by atoms with Crippen LogP contribution >= 0.6 is 0 Å². The molecule has 0 fully saturated rings. The molecule has 0 atom stereocenters. The van der Waals surface area contributed by atoms with E-state index in [2.05, 4.69) is 15.3 Å². The standard InChI is InChI=1S/C23H16F3N3O2/c24-23(25,26)16-4-2-5-17(11-16)29-22(31)20-6-1-3-15-9-14(7-8-19(15)20)10-18-12-21(30)28-13-27-18/h1-9,11-13H,10H2,(H,29,31)(H,27,28,30). The van der Waals surface area contributed by atoms with Crippen molar-refractivity contribution in [2.45, 2.75) is 12.6 Å². The molecule has 0 bridgehead atoms. The molecule has 3 aromatic carbocycles. The van der Waals surface area contributed by atoms with Crippen molar-refractivity contribution < 1.29 is 18.0 Å². The first-order valence-corrected chi connectivity index (χ1v) is 9.33. The number of amides is 1. The summed E-state index contributed by atoms with van der Waals surface area (Å²) in [7, 11) is 0. The van der Waals surface area contributed by atoms with Crippen LogP contribution in [0.1, 0.15) is 27.2 Å². The summed E-state index contributed by atoms with van der Waals surface area (Å²) in [5.41, 5.74) is 0.854. The molecule has 0 unspecified atom stereocenters. The molecule has 1 aromatic heterocycles. The van der Waals surface area contributed by atoms with E-state index in [1.54, 1.807) is 18.2 Å². The number of carbonyl (C=O) groups excluding carboxylic acids is 1. The summed E-state index contributed by atoms with van der Waals surface area (Å²) in [5.74, 6) is -0.506. The Bertz CT molecular complexity index is 1330. The molecule has 31 heavy (non-hydrogen) atoms. The number of nitrogens with one attached hydrogen (secondary N) is 2. The van der Waals surface area contributed by atoms with Gasteiger partial charge in [0.2, 0.25) is 0 Å². The Hall–Kier alpha value is -3.94. The molecular weight excluding hydrogens is 407 g/mol. The first-order chi connectivity index (χ1) is 14.8. The second-order valence-corrected chi connectivity index (χ2v) is 6.97. The highest BCUT2D eigenvalue weighted by atomic mass is 19.4. The zero-order valence-corrected chi connectivity index (χ0v) is 16.0. The number of nitrogens with zero attached hydrogens (tertiary/aromatic N) is 1. The number of rotatable bonds is 4. The number of aromatic amines is 1. The van der Waals surface area contributed by atoms with Crippen LogP contribution in [-0.2, 0) is 12.6 Å². The van der Waals surface area contributed by atoms with Crippen LogP contribution in [0.15, 0.2) is 77.9 Å². The zero-order valence-electron chi connectivity index (χ0n) is 16.0. The topological polar surface area (TPSA) is 74.8 Å². The molecule has 2 N–H and O–H groups in total. The van der Waals surface area contributed by atoms with Crippen LogP contribution in [0.3, 0.4) is 0 Å². The number of hydrogen-bond donors (Lipinski definition) is 2. The molecule has 0 aliphatic rings. The van der Waals surface area contributed by atoms with E-state index in [0.717, 1.165) is 23.1 Å². The van der Waals surface area contributed by atoms with E-state index in [4.69, 9.17) is 0 Å². The average Bonchev–Trinajstić information content (AvgIpc) is 2.73. The van der Waals surface area contributed by atoms with Crippen molar-refractivity contribution in [3.8, 4) is 0 Å². The average molecular weight is 423 g/mol. The number of anilines is 1. The molecule has 156 valence electrons. The highest BCUT2D eigenvalue weighted by molar-refractivity contribution is 6.13. The smallest absolute Gasteiger partial charge is 0.322 e. The van der Waals surface area contributed by atoms with E-state index in [0.29, 0.717) is 23.1 Å². The van der Waals surface area contributed by atoms with Crippen LogP contribution < -0.4 is 10.9 Å². The molecule has 0 spiro atoms. The van der Waals surface area contributed by atoms with Crippen molar-refractivity contribution in [3.63, 3.8) is 0 Å². The van der Waals surface area contributed by atoms with Gasteiger partial charge in [-0.2, -0.15) is 13.2 Å². The normalized spacial score (nSPS) is 11.5. The summed E-state index contributed by atoms with van der Waals surface area (Å²) in [4.78, 5) is 30.8. The van der Waals surface area contributed by atoms with Crippen LogP contribution in [0.25, 0.3) is 10.8 Å². The minimum absolute atomic E-state index is 0.0637. The van der Waals surface area contributed by atoms with E-state index >= 15 is 0 Å². The van der Waals surface area contributed by atoms with Crippen LogP contribution in [-0.4, -0.2) is 15.9 Å². The molecule has 0 saturated carbocycles. The highest BCUT2D eigenvalue weighted by Crippen LogP contribution is 2.31. The Kier molecular flexibility index (Phi) is 5.29. The molecule has 0 saturated heterocycles. The van der Waals surface area contributed by atoms with Gasteiger partial charge in [0.1, 0.15) is 0 Å². The lowest BCUT2D eigenvalue weighted by atomic mass is 9.99. The highest BCUT2D eigenvalue weighted by Gasteiger charge is 2.30. The predicted octanol–water partition coefficient (Wildman–Crippen LogP) is 4.79. The van der Waals surface area contributed by atoms with E-state index in [1.165, 1.54) is 24.5 Å². The van der Waals surface area contributed by atoms with E-state index in [-0.39, 0.29) is 11.2 Å². The molecule has 4 rings (SSSR count). The van der Waals surface area contributed by atoms with Crippen LogP contribution in [0.2, 0.25) is 0 Å². The third kappa shape index (κ3) is 4.63. The van der Waals surface area contributed by atoms with Gasteiger partial charge in [-0.15, -0.1) is 0 Å². The zero-order chi connectivity index (χ0) is 22.0. The van der Waals surface area contributed by atoms with E-state index in [1.807, 2.05) is 18.2 Å². The molecule has 4 aromatic rings. The summed E-state index contributed by atoms with van der Waals surface area (Å²) >= 11 is 0. The van der Waals surface area contributed by atoms with Crippen LogP contribution in [0.4, 0.5) is 18.9 Å². The van der Waals surface area contributed by atoms with E-state index < -0.39 is 17.6 Å². The monoisotopic (exact) mass is 423 g/mol. The van der Waals surface area contributed by atoms with Gasteiger partial charge in [-0.05, 0) is 40.6 Å². The van der Waals surface area contributed by atoms with Crippen LogP contribution in [0.5, 0.6) is 0 Å². The van der Waals surface area contributed by atoms with Gasteiger partial charge >= 0.3 is 6.18 Å². The molecule has 0 radical (unpaired) electrons. The van der Waals surface area contributed by atoms with Gasteiger partial charge in [-0.3, -0.25) is 9.59 Å². The summed E-state index contributed by atoms with van der Waals surface area (Å²) in [5, 5.41) is 3.99. The van der Waals surface area contributed by atoms with Crippen molar-refractivity contribution >= 4 is 22.4 Å². The lowest BCUT2D eigenvalue weighted by Crippen LogP contribution is -2.13. The van der Waals surface area contributed by atoms with Gasteiger partial charge in [0.15, 0.2) is 0 Å². The van der Waals surface area contributed by atoms with Crippen molar-refractivity contribution in [1.82, 2.24) is 9.97 Å². The Labute approximate surface area is 174 Å². The Morgan fingerprint density at radius 3 is 2.58 bits per heavy atom. The van der Waals surface area contributed by atoms with Gasteiger partial charge in [0, 0.05) is 23.7 Å². The van der Waals surface area contributed by atoms with Crippen molar-refractivity contribution in [2.24, 2.45) is 0 Å². The quantitative estimate of drug-likeness (QED) is 0.496. The maximum absolute atomic E-state index is 12.9. The van der Waals surface area contributed by atoms with Gasteiger partial charge < -0.3 is 10.3 Å². The summed E-state index contributed by atoms with van der Waals surface area (Å²) in [6.07, 6.45) is -2.70. The summed E-state index contributed by atoms with van der Waals surface area (Å²) in [6.45, 7) is 0. The first-order valence-electron chi connectivity index (χ1n) is 9.33. The number of fused-ring (bicyclic) bond motifs is 1. The summed E-state index contributed by atoms with van der Waals surface area (Å²) in [6, 6.07) is 16.6. The van der Waals surface area contributed by atoms with Crippen molar-refractivity contribution in [3.05, 3.63) is 106 Å².